The number of rotatable bonds is 12. The summed E-state index contributed by atoms with van der Waals surface area (Å²) in [6, 6.07) is 10.4. The van der Waals surface area contributed by atoms with Gasteiger partial charge in [0.2, 0.25) is 11.8 Å². The van der Waals surface area contributed by atoms with Gasteiger partial charge in [-0.25, -0.2) is 14.4 Å². The van der Waals surface area contributed by atoms with Gasteiger partial charge in [0.05, 0.1) is 10.5 Å². The molecule has 0 fully saturated rings. The van der Waals surface area contributed by atoms with E-state index in [-0.39, 0.29) is 31.2 Å². The third kappa shape index (κ3) is 16.3. The van der Waals surface area contributed by atoms with Crippen molar-refractivity contribution in [2.75, 3.05) is 25.5 Å². The minimum atomic E-state index is -1.05. The summed E-state index contributed by atoms with van der Waals surface area (Å²) in [5.41, 5.74) is -0.809. The lowest BCUT2D eigenvalue weighted by atomic mass is 10.1. The summed E-state index contributed by atoms with van der Waals surface area (Å²) in [4.78, 5) is 72.4. The molecule has 2 rings (SSSR count). The summed E-state index contributed by atoms with van der Waals surface area (Å²) in [5, 5.41) is 18.2. The van der Waals surface area contributed by atoms with Crippen LogP contribution in [0.25, 0.3) is 0 Å². The normalized spacial score (nSPS) is 11.4. The number of hydrogen-bond donors (Lipinski definition) is 3. The highest BCUT2D eigenvalue weighted by atomic mass is 16.7. The number of nitrogens with zero attached hydrogens (tertiary/aromatic N) is 2. The number of nitro benzene ring substituents is 1. The zero-order valence-electron chi connectivity index (χ0n) is 29.4. The Morgan fingerprint density at radius 3 is 2.02 bits per heavy atom. The number of nitro groups is 1. The number of carbonyl (C=O) groups is 5. The predicted molar refractivity (Wildman–Crippen MR) is 180 cm³/mol. The number of likely N-dealkylation sites (N-methyl/N-ethyl adjacent to an activating group) is 1. The molecular formula is C33H47N5O11. The Labute approximate surface area is 285 Å². The van der Waals surface area contributed by atoms with E-state index < -0.39 is 52.3 Å². The van der Waals surface area contributed by atoms with Crippen molar-refractivity contribution in [3.05, 3.63) is 64.2 Å². The molecule has 0 spiro atoms. The maximum Gasteiger partial charge on any atom is 0.513 e. The molecule has 270 valence electrons. The summed E-state index contributed by atoms with van der Waals surface area (Å²) < 4.78 is 20.5. The van der Waals surface area contributed by atoms with Crippen molar-refractivity contribution in [2.24, 2.45) is 0 Å². The highest BCUT2D eigenvalue weighted by Crippen LogP contribution is 2.20. The van der Waals surface area contributed by atoms with Crippen molar-refractivity contribution in [3.63, 3.8) is 0 Å². The first kappa shape index (κ1) is 41.6. The fraction of sp³-hybridized carbons (Fsp3) is 0.485. The Morgan fingerprint density at radius 2 is 1.49 bits per heavy atom. The first-order valence-electron chi connectivity index (χ1n) is 15.4. The van der Waals surface area contributed by atoms with E-state index in [0.29, 0.717) is 11.3 Å². The van der Waals surface area contributed by atoms with Gasteiger partial charge in [0.25, 0.3) is 5.69 Å². The first-order valence-corrected chi connectivity index (χ1v) is 15.4. The second-order valence-corrected chi connectivity index (χ2v) is 12.4. The van der Waals surface area contributed by atoms with Crippen molar-refractivity contribution < 1.29 is 47.8 Å². The predicted octanol–water partition coefficient (Wildman–Crippen LogP) is 5.54. The number of non-ortho nitro benzene ring substituents is 1. The first-order chi connectivity index (χ1) is 22.8. The van der Waals surface area contributed by atoms with Crippen LogP contribution in [0.3, 0.4) is 0 Å². The van der Waals surface area contributed by atoms with E-state index in [0.717, 1.165) is 0 Å². The molecule has 0 heterocycles. The van der Waals surface area contributed by atoms with Crippen molar-refractivity contribution in [1.82, 2.24) is 15.5 Å². The van der Waals surface area contributed by atoms with Gasteiger partial charge in [-0.2, -0.15) is 0 Å². The van der Waals surface area contributed by atoms with E-state index in [1.165, 1.54) is 49.6 Å². The monoisotopic (exact) mass is 689 g/mol. The molecule has 0 saturated carbocycles. The molecule has 0 aromatic heterocycles. The third-order valence-electron chi connectivity index (χ3n) is 6.12. The van der Waals surface area contributed by atoms with Gasteiger partial charge >= 0.3 is 18.3 Å². The fourth-order valence-electron chi connectivity index (χ4n) is 3.34. The lowest BCUT2D eigenvalue weighted by Crippen LogP contribution is -2.49. The van der Waals surface area contributed by atoms with Gasteiger partial charge < -0.3 is 39.8 Å². The van der Waals surface area contributed by atoms with E-state index >= 15 is 0 Å². The minimum Gasteiger partial charge on any atom is -0.445 e. The quantitative estimate of drug-likeness (QED) is 0.0829. The van der Waals surface area contributed by atoms with Crippen molar-refractivity contribution in [2.45, 2.75) is 85.6 Å². The van der Waals surface area contributed by atoms with Crippen LogP contribution < -0.4 is 20.7 Å². The number of nitrogens with one attached hydrogen (secondary N) is 3. The Morgan fingerprint density at radius 1 is 0.918 bits per heavy atom. The number of hydrogen-bond acceptors (Lipinski definition) is 11. The number of ether oxygens (including phenoxy) is 4. The average Bonchev–Trinajstić information content (AvgIpc) is 3.01. The van der Waals surface area contributed by atoms with E-state index in [1.54, 1.807) is 58.9 Å². The molecule has 1 unspecified atom stereocenters. The van der Waals surface area contributed by atoms with Crippen LogP contribution in [0.4, 0.5) is 25.8 Å². The van der Waals surface area contributed by atoms with Crippen LogP contribution in [0.15, 0.2) is 48.5 Å². The Hall–Kier alpha value is -5.41. The second-order valence-electron chi connectivity index (χ2n) is 12.4. The zero-order valence-corrected chi connectivity index (χ0v) is 29.4. The summed E-state index contributed by atoms with van der Waals surface area (Å²) in [6.45, 7) is 13.4. The van der Waals surface area contributed by atoms with Gasteiger partial charge in [-0.15, -0.1) is 0 Å². The number of carbonyl (C=O) groups excluding carboxylic acids is 5. The van der Waals surface area contributed by atoms with Gasteiger partial charge in [0, 0.05) is 24.9 Å². The van der Waals surface area contributed by atoms with E-state index in [1.807, 2.05) is 0 Å². The molecule has 49 heavy (non-hydrogen) atoms. The molecule has 0 bridgehead atoms. The van der Waals surface area contributed by atoms with Crippen molar-refractivity contribution in [1.29, 1.82) is 0 Å². The summed E-state index contributed by atoms with van der Waals surface area (Å²) in [5.74, 6) is -1.02. The lowest BCUT2D eigenvalue weighted by Gasteiger charge is -2.33. The van der Waals surface area contributed by atoms with Crippen LogP contribution in [0.5, 0.6) is 5.75 Å². The molecule has 0 aliphatic carbocycles. The van der Waals surface area contributed by atoms with Crippen LogP contribution in [-0.4, -0.2) is 77.4 Å². The molecule has 0 aliphatic rings. The summed E-state index contributed by atoms with van der Waals surface area (Å²) >= 11 is 0. The molecule has 16 heteroatoms. The smallest absolute Gasteiger partial charge is 0.445 e. The molecule has 3 N–H and O–H groups in total. The largest absolute Gasteiger partial charge is 0.513 e. The van der Waals surface area contributed by atoms with Gasteiger partial charge in [-0.3, -0.25) is 19.7 Å². The molecule has 4 amide bonds. The molecule has 16 nitrogen and oxygen atoms in total. The van der Waals surface area contributed by atoms with Gasteiger partial charge in [0.15, 0.2) is 0 Å². The number of amides is 4. The molecule has 2 aromatic carbocycles. The Bertz CT molecular complexity index is 1420. The van der Waals surface area contributed by atoms with Gasteiger partial charge in [-0.05, 0) is 71.4 Å². The van der Waals surface area contributed by atoms with Crippen LogP contribution >= 0.6 is 0 Å². The molecule has 0 aliphatic heterocycles. The Kier molecular flexibility index (Phi) is 16.5. The van der Waals surface area contributed by atoms with Gasteiger partial charge in [-0.1, -0.05) is 32.4 Å². The van der Waals surface area contributed by atoms with Crippen molar-refractivity contribution >= 4 is 41.5 Å². The molecular weight excluding hydrogens is 642 g/mol. The highest BCUT2D eigenvalue weighted by molar-refractivity contribution is 5.97. The molecule has 0 radical (unpaired) electrons. The van der Waals surface area contributed by atoms with Crippen LogP contribution in [0.1, 0.15) is 67.4 Å². The standard InChI is InChI=1S/C30H39N5O11.C3H8/c1-19(32-24(36)16-31-26(38)46-29(2,3)4)25(37)33-21-10-8-20(9-11-21)17-43-27(39)34(7)30(5,6)18-44-28(40)45-23-14-12-22(13-15-23)35(41)42;1-3-2/h8-15,19H,16-18H2,1-7H3,(H,31,38)(H,32,36)(H,33,37);3H2,1-2H3. The average molecular weight is 690 g/mol. The maximum atomic E-state index is 12.7. The SMILES string of the molecule is CC(NC(=O)CNC(=O)OC(C)(C)C)C(=O)Nc1ccc(COC(=O)N(C)C(C)(C)COC(=O)Oc2ccc([N+](=O)[O-])cc2)cc1.CCC. The minimum absolute atomic E-state index is 0.0534. The summed E-state index contributed by atoms with van der Waals surface area (Å²) in [6.07, 6.45) is -1.25. The molecule has 2 aromatic rings. The number of anilines is 1. The Balaban J connectivity index is 0.00000385. The van der Waals surface area contributed by atoms with E-state index in [2.05, 4.69) is 29.8 Å². The highest BCUT2D eigenvalue weighted by Gasteiger charge is 2.31. The second kappa shape index (κ2) is 19.4. The zero-order chi connectivity index (χ0) is 37.4. The molecule has 1 atom stereocenters. The fourth-order valence-corrected chi connectivity index (χ4v) is 3.34. The third-order valence-corrected chi connectivity index (χ3v) is 6.12. The lowest BCUT2D eigenvalue weighted by molar-refractivity contribution is -0.384. The topological polar surface area (TPSA) is 205 Å². The summed E-state index contributed by atoms with van der Waals surface area (Å²) in [7, 11) is 1.47. The van der Waals surface area contributed by atoms with Crippen LogP contribution in [0, 0.1) is 10.1 Å². The van der Waals surface area contributed by atoms with Crippen LogP contribution in [-0.2, 0) is 30.4 Å². The number of benzene rings is 2. The number of alkyl carbamates (subject to hydrolysis) is 1. The van der Waals surface area contributed by atoms with E-state index in [9.17, 15) is 34.1 Å². The van der Waals surface area contributed by atoms with E-state index in [4.69, 9.17) is 18.9 Å². The van der Waals surface area contributed by atoms with Crippen LogP contribution in [0.2, 0.25) is 0 Å². The van der Waals surface area contributed by atoms with Crippen molar-refractivity contribution in [3.8, 4) is 5.75 Å². The maximum absolute atomic E-state index is 12.7. The molecule has 0 saturated heterocycles. The van der Waals surface area contributed by atoms with Gasteiger partial charge in [0.1, 0.15) is 37.2 Å².